The lowest BCUT2D eigenvalue weighted by atomic mass is 9.75. The Kier molecular flexibility index (Phi) is 5.27. The zero-order valence-electron chi connectivity index (χ0n) is 12.6. The van der Waals surface area contributed by atoms with Gasteiger partial charge in [0.05, 0.1) is 6.42 Å². The number of alkyl halides is 3. The Labute approximate surface area is 140 Å². The summed E-state index contributed by atoms with van der Waals surface area (Å²) in [7, 11) is 0. The number of esters is 1. The van der Waals surface area contributed by atoms with Crippen LogP contribution < -0.4 is 0 Å². The van der Waals surface area contributed by atoms with Crippen LogP contribution >= 0.6 is 11.8 Å². The first-order valence-corrected chi connectivity index (χ1v) is 7.92. The number of carbonyl (C=O) groups excluding carboxylic acids is 1. The van der Waals surface area contributed by atoms with Crippen LogP contribution in [0.15, 0.2) is 41.3 Å². The van der Waals surface area contributed by atoms with Crippen LogP contribution in [-0.2, 0) is 19.9 Å². The molecular weight excluding hydrogens is 345 g/mol. The molecule has 8 heteroatoms. The molecule has 0 atom stereocenters. The highest BCUT2D eigenvalue weighted by atomic mass is 32.2. The molecule has 130 valence electrons. The predicted octanol–water partition coefficient (Wildman–Crippen LogP) is 4.25. The van der Waals surface area contributed by atoms with E-state index in [1.807, 2.05) is 0 Å². The quantitative estimate of drug-likeness (QED) is 0.467. The van der Waals surface area contributed by atoms with E-state index < -0.39 is 29.5 Å². The van der Waals surface area contributed by atoms with Gasteiger partial charge in [-0.15, -0.1) is 0 Å². The molecule has 1 aromatic rings. The van der Waals surface area contributed by atoms with Crippen molar-refractivity contribution in [1.82, 2.24) is 0 Å². The second-order valence-corrected chi connectivity index (χ2v) is 6.62. The van der Waals surface area contributed by atoms with Crippen molar-refractivity contribution in [3.05, 3.63) is 42.0 Å². The maximum absolute atomic E-state index is 12.3. The number of aliphatic carboxylic acids is 1. The number of benzene rings is 1. The fourth-order valence-electron chi connectivity index (χ4n) is 2.41. The Balaban J connectivity index is 2.08. The van der Waals surface area contributed by atoms with Crippen LogP contribution in [-0.4, -0.2) is 22.6 Å². The molecule has 0 unspecified atom stereocenters. The highest BCUT2D eigenvalue weighted by Crippen LogP contribution is 2.46. The van der Waals surface area contributed by atoms with Gasteiger partial charge in [0.15, 0.2) is 0 Å². The predicted molar refractivity (Wildman–Crippen MR) is 81.4 cm³/mol. The van der Waals surface area contributed by atoms with Gasteiger partial charge >= 0.3 is 17.4 Å². The Morgan fingerprint density at radius 1 is 1.25 bits per heavy atom. The third-order valence-corrected chi connectivity index (χ3v) is 4.48. The lowest BCUT2D eigenvalue weighted by Crippen LogP contribution is -2.39. The largest absolute Gasteiger partial charge is 0.478 e. The number of ether oxygens (including phenoxy) is 1. The lowest BCUT2D eigenvalue weighted by molar-refractivity contribution is -0.171. The number of thioether (sulfide) groups is 1. The second-order valence-electron chi connectivity index (χ2n) is 5.48. The Morgan fingerprint density at radius 2 is 1.83 bits per heavy atom. The van der Waals surface area contributed by atoms with Crippen molar-refractivity contribution in [2.75, 3.05) is 0 Å². The van der Waals surface area contributed by atoms with E-state index in [9.17, 15) is 22.8 Å². The Morgan fingerprint density at radius 3 is 2.25 bits per heavy atom. The van der Waals surface area contributed by atoms with E-state index in [1.54, 1.807) is 0 Å². The van der Waals surface area contributed by atoms with Crippen LogP contribution in [0.2, 0.25) is 0 Å². The molecule has 1 fully saturated rings. The minimum Gasteiger partial charge on any atom is -0.478 e. The highest BCUT2D eigenvalue weighted by molar-refractivity contribution is 8.00. The minimum absolute atomic E-state index is 0.0475. The van der Waals surface area contributed by atoms with E-state index in [2.05, 4.69) is 6.58 Å². The monoisotopic (exact) mass is 360 g/mol. The van der Waals surface area contributed by atoms with E-state index in [-0.39, 0.29) is 22.2 Å². The van der Waals surface area contributed by atoms with Crippen molar-refractivity contribution in [1.29, 1.82) is 0 Å². The van der Waals surface area contributed by atoms with Gasteiger partial charge in [-0.1, -0.05) is 18.7 Å². The van der Waals surface area contributed by atoms with Crippen molar-refractivity contribution >= 4 is 23.7 Å². The topological polar surface area (TPSA) is 63.6 Å². The molecule has 0 saturated heterocycles. The van der Waals surface area contributed by atoms with Crippen LogP contribution in [0.3, 0.4) is 0 Å². The molecule has 1 aliphatic carbocycles. The van der Waals surface area contributed by atoms with Crippen LogP contribution in [0.4, 0.5) is 13.2 Å². The van der Waals surface area contributed by atoms with E-state index in [0.717, 1.165) is 6.42 Å². The van der Waals surface area contributed by atoms with Gasteiger partial charge in [0.2, 0.25) is 0 Å². The van der Waals surface area contributed by atoms with Crippen molar-refractivity contribution < 1.29 is 32.6 Å². The SMILES string of the molecule is C=C(CC(=O)OC1(c2ccc(SC(F)(F)F)cc2)CCC1)C(=O)O. The molecule has 2 rings (SSSR count). The zero-order chi connectivity index (χ0) is 18.0. The van der Waals surface area contributed by atoms with Gasteiger partial charge < -0.3 is 9.84 Å². The van der Waals surface area contributed by atoms with Crippen molar-refractivity contribution in [2.45, 2.75) is 41.7 Å². The van der Waals surface area contributed by atoms with Crippen LogP contribution in [0.25, 0.3) is 0 Å². The first-order valence-electron chi connectivity index (χ1n) is 7.10. The molecule has 1 aromatic carbocycles. The summed E-state index contributed by atoms with van der Waals surface area (Å²) in [6.07, 6.45) is 1.47. The van der Waals surface area contributed by atoms with E-state index in [0.29, 0.717) is 18.4 Å². The summed E-state index contributed by atoms with van der Waals surface area (Å²) in [4.78, 5) is 22.6. The average Bonchev–Trinajstić information content (AvgIpc) is 2.42. The van der Waals surface area contributed by atoms with Crippen molar-refractivity contribution in [2.24, 2.45) is 0 Å². The molecule has 0 aromatic heterocycles. The highest BCUT2D eigenvalue weighted by Gasteiger charge is 2.42. The molecule has 1 saturated carbocycles. The maximum Gasteiger partial charge on any atom is 0.446 e. The number of halogens is 3. The number of hydrogen-bond acceptors (Lipinski definition) is 4. The van der Waals surface area contributed by atoms with Gasteiger partial charge in [-0.25, -0.2) is 4.79 Å². The summed E-state index contributed by atoms with van der Waals surface area (Å²) in [5, 5.41) is 8.74. The molecule has 0 bridgehead atoms. The minimum atomic E-state index is -4.36. The van der Waals surface area contributed by atoms with E-state index >= 15 is 0 Å². The molecule has 0 spiro atoms. The Hall–Kier alpha value is -1.96. The standard InChI is InChI=1S/C16H15F3O4S/c1-10(14(21)22)9-13(20)23-15(7-2-8-15)11-3-5-12(6-4-11)24-16(17,18)19/h3-6H,1-2,7-9H2,(H,21,22). The van der Waals surface area contributed by atoms with E-state index in [1.165, 1.54) is 24.3 Å². The third kappa shape index (κ3) is 4.53. The van der Waals surface area contributed by atoms with Gasteiger partial charge in [0, 0.05) is 10.5 Å². The summed E-state index contributed by atoms with van der Waals surface area (Å²) < 4.78 is 42.5. The third-order valence-electron chi connectivity index (χ3n) is 3.74. The molecule has 0 heterocycles. The normalized spacial score (nSPS) is 16.1. The lowest BCUT2D eigenvalue weighted by Gasteiger charge is -2.41. The fraction of sp³-hybridized carbons (Fsp3) is 0.375. The second kappa shape index (κ2) is 6.88. The zero-order valence-corrected chi connectivity index (χ0v) is 13.4. The van der Waals surface area contributed by atoms with Gasteiger partial charge in [-0.3, -0.25) is 4.79 Å². The molecule has 0 radical (unpaired) electrons. The van der Waals surface area contributed by atoms with Gasteiger partial charge in [-0.05, 0) is 48.7 Å². The van der Waals surface area contributed by atoms with Crippen LogP contribution in [0.1, 0.15) is 31.2 Å². The molecule has 1 N–H and O–H groups in total. The first-order chi connectivity index (χ1) is 11.1. The number of rotatable bonds is 6. The summed E-state index contributed by atoms with van der Waals surface area (Å²) in [6.45, 7) is 3.28. The number of carbonyl (C=O) groups is 2. The number of hydrogen-bond donors (Lipinski definition) is 1. The van der Waals surface area contributed by atoms with Gasteiger partial charge in [-0.2, -0.15) is 13.2 Å². The summed E-state index contributed by atoms with van der Waals surface area (Å²) in [5.41, 5.74) is -4.92. The smallest absolute Gasteiger partial charge is 0.446 e. The van der Waals surface area contributed by atoms with Gasteiger partial charge in [0.1, 0.15) is 5.60 Å². The fourth-order valence-corrected chi connectivity index (χ4v) is 2.95. The first kappa shape index (κ1) is 18.4. The van der Waals surface area contributed by atoms with E-state index in [4.69, 9.17) is 9.84 Å². The summed E-state index contributed by atoms with van der Waals surface area (Å²) in [5.74, 6) is -1.99. The molecule has 4 nitrogen and oxygen atoms in total. The summed E-state index contributed by atoms with van der Waals surface area (Å²) in [6, 6.07) is 5.67. The average molecular weight is 360 g/mol. The van der Waals surface area contributed by atoms with Crippen molar-refractivity contribution in [3.63, 3.8) is 0 Å². The number of carboxylic acids is 1. The Bertz CT molecular complexity index is 648. The molecule has 0 amide bonds. The summed E-state index contributed by atoms with van der Waals surface area (Å²) >= 11 is -0.213. The molecular formula is C16H15F3O4S. The van der Waals surface area contributed by atoms with Crippen LogP contribution in [0.5, 0.6) is 0 Å². The molecule has 24 heavy (non-hydrogen) atoms. The van der Waals surface area contributed by atoms with Crippen LogP contribution in [0, 0.1) is 0 Å². The van der Waals surface area contributed by atoms with Crippen molar-refractivity contribution in [3.8, 4) is 0 Å². The molecule has 1 aliphatic rings. The number of carboxylic acid groups (broad SMARTS) is 1. The maximum atomic E-state index is 12.3. The van der Waals surface area contributed by atoms with Gasteiger partial charge in [0.25, 0.3) is 0 Å². The molecule has 0 aliphatic heterocycles.